The van der Waals surface area contributed by atoms with Crippen LogP contribution in [0, 0.1) is 21.4 Å². The Kier molecular flexibility index (Phi) is 5.33. The molecule has 0 spiro atoms. The van der Waals surface area contributed by atoms with Crippen molar-refractivity contribution in [3.8, 4) is 5.75 Å². The molecule has 0 aliphatic carbocycles. The van der Waals surface area contributed by atoms with Gasteiger partial charge in [-0.15, -0.1) is 0 Å². The van der Waals surface area contributed by atoms with Crippen LogP contribution in [-0.4, -0.2) is 11.5 Å². The second-order valence-corrected chi connectivity index (χ2v) is 6.26. The van der Waals surface area contributed by atoms with Crippen molar-refractivity contribution in [1.29, 1.82) is 0 Å². The first-order chi connectivity index (χ1) is 8.78. The Bertz CT molecular complexity index is 406. The molecule has 1 unspecified atom stereocenters. The van der Waals surface area contributed by atoms with Crippen LogP contribution in [0.2, 0.25) is 0 Å². The van der Waals surface area contributed by atoms with E-state index in [2.05, 4.69) is 27.7 Å². The van der Waals surface area contributed by atoms with Crippen LogP contribution < -0.4 is 4.74 Å². The van der Waals surface area contributed by atoms with E-state index in [1.165, 1.54) is 12.1 Å². The largest absolute Gasteiger partial charge is 0.494 e. The van der Waals surface area contributed by atoms with Gasteiger partial charge in [0, 0.05) is 12.1 Å². The summed E-state index contributed by atoms with van der Waals surface area (Å²) in [5.74, 6) is 1.30. The van der Waals surface area contributed by atoms with Crippen molar-refractivity contribution in [2.45, 2.75) is 40.5 Å². The summed E-state index contributed by atoms with van der Waals surface area (Å²) < 4.78 is 5.60. The van der Waals surface area contributed by atoms with Crippen molar-refractivity contribution < 1.29 is 9.66 Å². The fraction of sp³-hybridized carbons (Fsp3) is 0.600. The van der Waals surface area contributed by atoms with Gasteiger partial charge in [0.25, 0.3) is 5.69 Å². The second kappa shape index (κ2) is 6.55. The number of ether oxygens (including phenoxy) is 1. The Morgan fingerprint density at radius 3 is 2.32 bits per heavy atom. The zero-order chi connectivity index (χ0) is 14.5. The predicted octanol–water partition coefficient (Wildman–Crippen LogP) is 4.44. The summed E-state index contributed by atoms with van der Waals surface area (Å²) in [7, 11) is 0. The first-order valence-electron chi connectivity index (χ1n) is 6.65. The van der Waals surface area contributed by atoms with Gasteiger partial charge < -0.3 is 4.74 Å². The van der Waals surface area contributed by atoms with E-state index in [0.717, 1.165) is 12.8 Å². The molecule has 0 fully saturated rings. The lowest BCUT2D eigenvalue weighted by Gasteiger charge is -2.23. The Hall–Kier alpha value is -1.58. The van der Waals surface area contributed by atoms with Gasteiger partial charge in [0.1, 0.15) is 5.75 Å². The first kappa shape index (κ1) is 15.5. The zero-order valence-electron chi connectivity index (χ0n) is 12.2. The molecular formula is C15H23NO3. The molecule has 1 aromatic carbocycles. The van der Waals surface area contributed by atoms with Crippen LogP contribution >= 0.6 is 0 Å². The number of benzene rings is 1. The van der Waals surface area contributed by atoms with Crippen LogP contribution in [0.15, 0.2) is 24.3 Å². The van der Waals surface area contributed by atoms with E-state index in [9.17, 15) is 10.1 Å². The molecule has 0 amide bonds. The minimum atomic E-state index is -0.408. The minimum Gasteiger partial charge on any atom is -0.494 e. The van der Waals surface area contributed by atoms with Crippen LogP contribution in [-0.2, 0) is 0 Å². The van der Waals surface area contributed by atoms with Crippen molar-refractivity contribution in [1.82, 2.24) is 0 Å². The molecule has 0 heterocycles. The van der Waals surface area contributed by atoms with Crippen LogP contribution in [0.25, 0.3) is 0 Å². The Labute approximate surface area is 114 Å². The van der Waals surface area contributed by atoms with Gasteiger partial charge in [0.05, 0.1) is 11.5 Å². The van der Waals surface area contributed by atoms with Crippen molar-refractivity contribution in [2.24, 2.45) is 11.3 Å². The average molecular weight is 265 g/mol. The number of hydrogen-bond donors (Lipinski definition) is 0. The first-order valence-corrected chi connectivity index (χ1v) is 6.65. The maximum absolute atomic E-state index is 10.5. The van der Waals surface area contributed by atoms with Gasteiger partial charge in [-0.3, -0.25) is 10.1 Å². The lowest BCUT2D eigenvalue weighted by Crippen LogP contribution is -2.13. The molecule has 4 heteroatoms. The minimum absolute atomic E-state index is 0.0912. The molecule has 0 bridgehead atoms. The van der Waals surface area contributed by atoms with Crippen molar-refractivity contribution >= 4 is 5.69 Å². The molecule has 0 radical (unpaired) electrons. The normalized spacial score (nSPS) is 13.1. The molecule has 0 N–H and O–H groups in total. The van der Waals surface area contributed by atoms with Gasteiger partial charge in [-0.1, -0.05) is 27.7 Å². The summed E-state index contributed by atoms with van der Waals surface area (Å²) in [4.78, 5) is 10.1. The van der Waals surface area contributed by atoms with Gasteiger partial charge in [0.2, 0.25) is 0 Å². The standard InChI is InChI=1S/C15H23NO3/c1-12(11-15(2,3)4)9-10-19-14-7-5-13(6-8-14)16(17)18/h5-8,12H,9-11H2,1-4H3. The summed E-state index contributed by atoms with van der Waals surface area (Å²) in [5.41, 5.74) is 0.431. The van der Waals surface area contributed by atoms with Gasteiger partial charge in [0.15, 0.2) is 0 Å². The molecule has 106 valence electrons. The van der Waals surface area contributed by atoms with Crippen molar-refractivity contribution in [2.75, 3.05) is 6.61 Å². The number of hydrogen-bond acceptors (Lipinski definition) is 3. The van der Waals surface area contributed by atoms with Crippen LogP contribution in [0.4, 0.5) is 5.69 Å². The third-order valence-electron chi connectivity index (χ3n) is 2.89. The van der Waals surface area contributed by atoms with E-state index in [1.54, 1.807) is 12.1 Å². The molecule has 1 aromatic rings. The number of nitro groups is 1. The molecular weight excluding hydrogens is 242 g/mol. The molecule has 1 atom stereocenters. The number of nitro benzene ring substituents is 1. The van der Waals surface area contributed by atoms with E-state index in [0.29, 0.717) is 23.7 Å². The summed E-state index contributed by atoms with van der Waals surface area (Å²) in [6.07, 6.45) is 2.16. The molecule has 0 saturated heterocycles. The van der Waals surface area contributed by atoms with Gasteiger partial charge in [-0.05, 0) is 36.3 Å². The van der Waals surface area contributed by atoms with E-state index in [1.807, 2.05) is 0 Å². The molecule has 1 rings (SSSR count). The lowest BCUT2D eigenvalue weighted by molar-refractivity contribution is -0.384. The zero-order valence-corrected chi connectivity index (χ0v) is 12.2. The van der Waals surface area contributed by atoms with Crippen molar-refractivity contribution in [3.05, 3.63) is 34.4 Å². The second-order valence-electron chi connectivity index (χ2n) is 6.26. The van der Waals surface area contributed by atoms with Gasteiger partial charge in [-0.25, -0.2) is 0 Å². The lowest BCUT2D eigenvalue weighted by atomic mass is 9.84. The van der Waals surface area contributed by atoms with E-state index < -0.39 is 4.92 Å². The summed E-state index contributed by atoms with van der Waals surface area (Å²) in [5, 5.41) is 10.5. The maximum Gasteiger partial charge on any atom is 0.269 e. The Morgan fingerprint density at radius 1 is 1.26 bits per heavy atom. The molecule has 0 aliphatic heterocycles. The molecule has 0 saturated carbocycles. The van der Waals surface area contributed by atoms with E-state index in [-0.39, 0.29) is 5.69 Å². The molecule has 0 aliphatic rings. The fourth-order valence-corrected chi connectivity index (χ4v) is 2.19. The highest BCUT2D eigenvalue weighted by Crippen LogP contribution is 2.26. The average Bonchev–Trinajstić information content (AvgIpc) is 2.27. The topological polar surface area (TPSA) is 52.4 Å². The van der Waals surface area contributed by atoms with E-state index >= 15 is 0 Å². The third kappa shape index (κ3) is 6.22. The fourth-order valence-electron chi connectivity index (χ4n) is 2.19. The smallest absolute Gasteiger partial charge is 0.269 e. The quantitative estimate of drug-likeness (QED) is 0.564. The molecule has 0 aromatic heterocycles. The number of nitrogens with zero attached hydrogens (tertiary/aromatic N) is 1. The summed E-state index contributed by atoms with van der Waals surface area (Å²) in [6, 6.07) is 6.22. The third-order valence-corrected chi connectivity index (χ3v) is 2.89. The number of rotatable bonds is 6. The highest BCUT2D eigenvalue weighted by molar-refractivity contribution is 5.35. The summed E-state index contributed by atoms with van der Waals surface area (Å²) >= 11 is 0. The Morgan fingerprint density at radius 2 is 1.84 bits per heavy atom. The van der Waals surface area contributed by atoms with Crippen LogP contribution in [0.3, 0.4) is 0 Å². The van der Waals surface area contributed by atoms with Gasteiger partial charge >= 0.3 is 0 Å². The highest BCUT2D eigenvalue weighted by atomic mass is 16.6. The van der Waals surface area contributed by atoms with Crippen molar-refractivity contribution in [3.63, 3.8) is 0 Å². The van der Waals surface area contributed by atoms with E-state index in [4.69, 9.17) is 4.74 Å². The molecule has 19 heavy (non-hydrogen) atoms. The monoisotopic (exact) mass is 265 g/mol. The van der Waals surface area contributed by atoms with Crippen LogP contribution in [0.1, 0.15) is 40.5 Å². The van der Waals surface area contributed by atoms with Gasteiger partial charge in [-0.2, -0.15) is 0 Å². The molecule has 4 nitrogen and oxygen atoms in total. The predicted molar refractivity (Wildman–Crippen MR) is 76.4 cm³/mol. The maximum atomic E-state index is 10.5. The highest BCUT2D eigenvalue weighted by Gasteiger charge is 2.15. The number of non-ortho nitro benzene ring substituents is 1. The van der Waals surface area contributed by atoms with Crippen LogP contribution in [0.5, 0.6) is 5.75 Å². The SMILES string of the molecule is CC(CCOc1ccc([N+](=O)[O-])cc1)CC(C)(C)C. The Balaban J connectivity index is 2.35. The summed E-state index contributed by atoms with van der Waals surface area (Å²) in [6.45, 7) is 9.58.